The van der Waals surface area contributed by atoms with E-state index in [0.717, 1.165) is 18.6 Å². The van der Waals surface area contributed by atoms with Crippen LogP contribution in [0, 0.1) is 13.8 Å². The van der Waals surface area contributed by atoms with E-state index >= 15 is 0 Å². The number of nitrogens with one attached hydrogen (secondary N) is 2. The molecule has 0 spiro atoms. The number of fused-ring (bicyclic) bond motifs is 2. The van der Waals surface area contributed by atoms with Gasteiger partial charge in [-0.05, 0) is 62.8 Å². The maximum absolute atomic E-state index is 12.0. The number of hydrogen-bond acceptors (Lipinski definition) is 3. The fourth-order valence-corrected chi connectivity index (χ4v) is 3.54. The summed E-state index contributed by atoms with van der Waals surface area (Å²) in [6.45, 7) is 4.59. The summed E-state index contributed by atoms with van der Waals surface area (Å²) in [4.78, 5) is 12.0. The zero-order chi connectivity index (χ0) is 15.5. The van der Waals surface area contributed by atoms with Gasteiger partial charge in [0.05, 0.1) is 13.0 Å². The van der Waals surface area contributed by atoms with E-state index in [1.165, 1.54) is 24.0 Å². The summed E-state index contributed by atoms with van der Waals surface area (Å²) in [7, 11) is 0. The quantitative estimate of drug-likeness (QED) is 0.878. The molecule has 22 heavy (non-hydrogen) atoms. The first-order valence-electron chi connectivity index (χ1n) is 8.35. The molecule has 2 atom stereocenters. The van der Waals surface area contributed by atoms with Crippen molar-refractivity contribution < 1.29 is 9.53 Å². The van der Waals surface area contributed by atoms with Gasteiger partial charge in [0.2, 0.25) is 5.91 Å². The van der Waals surface area contributed by atoms with Gasteiger partial charge in [0.25, 0.3) is 0 Å². The van der Waals surface area contributed by atoms with E-state index in [1.54, 1.807) is 0 Å². The monoisotopic (exact) mass is 302 g/mol. The van der Waals surface area contributed by atoms with E-state index in [4.69, 9.17) is 4.74 Å². The van der Waals surface area contributed by atoms with Crippen molar-refractivity contribution in [2.45, 2.75) is 64.1 Å². The molecular formula is C18H26N2O2. The molecule has 2 N–H and O–H groups in total. The maximum Gasteiger partial charge on any atom is 0.223 e. The van der Waals surface area contributed by atoms with E-state index in [0.29, 0.717) is 31.2 Å². The molecule has 3 rings (SSSR count). The SMILES string of the molecule is Cc1ccc(OCCC(=O)NC2CC3CCC(C2)N3)cc1C. The van der Waals surface area contributed by atoms with E-state index in [2.05, 4.69) is 30.5 Å². The maximum atomic E-state index is 12.0. The molecule has 1 aromatic carbocycles. The Morgan fingerprint density at radius 3 is 2.64 bits per heavy atom. The summed E-state index contributed by atoms with van der Waals surface area (Å²) in [6.07, 6.45) is 5.08. The molecule has 0 aromatic heterocycles. The van der Waals surface area contributed by atoms with Gasteiger partial charge in [0, 0.05) is 18.1 Å². The minimum Gasteiger partial charge on any atom is -0.493 e. The van der Waals surface area contributed by atoms with Gasteiger partial charge in [-0.3, -0.25) is 4.79 Å². The van der Waals surface area contributed by atoms with Gasteiger partial charge in [-0.15, -0.1) is 0 Å². The van der Waals surface area contributed by atoms with Crippen LogP contribution in [0.15, 0.2) is 18.2 Å². The Bertz CT molecular complexity index is 532. The second-order valence-electron chi connectivity index (χ2n) is 6.72. The first-order valence-corrected chi connectivity index (χ1v) is 8.35. The van der Waals surface area contributed by atoms with Crippen molar-refractivity contribution in [2.24, 2.45) is 0 Å². The Hall–Kier alpha value is -1.55. The highest BCUT2D eigenvalue weighted by atomic mass is 16.5. The second kappa shape index (κ2) is 6.69. The minimum absolute atomic E-state index is 0.107. The molecule has 120 valence electrons. The average molecular weight is 302 g/mol. The molecule has 0 aliphatic carbocycles. The van der Waals surface area contributed by atoms with Crippen LogP contribution in [0.4, 0.5) is 0 Å². The van der Waals surface area contributed by atoms with E-state index in [9.17, 15) is 4.79 Å². The number of rotatable bonds is 5. The molecule has 1 amide bonds. The third-order valence-corrected chi connectivity index (χ3v) is 4.91. The number of carbonyl (C=O) groups excluding carboxylic acids is 1. The Morgan fingerprint density at radius 2 is 1.95 bits per heavy atom. The molecule has 1 aromatic rings. The van der Waals surface area contributed by atoms with Gasteiger partial charge < -0.3 is 15.4 Å². The summed E-state index contributed by atoms with van der Waals surface area (Å²) in [5.41, 5.74) is 2.47. The number of hydrogen-bond donors (Lipinski definition) is 2. The van der Waals surface area contributed by atoms with Crippen molar-refractivity contribution in [2.75, 3.05) is 6.61 Å². The van der Waals surface area contributed by atoms with Crippen LogP contribution in [0.25, 0.3) is 0 Å². The lowest BCUT2D eigenvalue weighted by atomic mass is 10.00. The molecular weight excluding hydrogens is 276 g/mol. The zero-order valence-electron chi connectivity index (χ0n) is 13.5. The summed E-state index contributed by atoms with van der Waals surface area (Å²) < 4.78 is 5.68. The lowest BCUT2D eigenvalue weighted by Gasteiger charge is -2.29. The predicted octanol–water partition coefficient (Wildman–Crippen LogP) is 2.47. The van der Waals surface area contributed by atoms with Gasteiger partial charge >= 0.3 is 0 Å². The third kappa shape index (κ3) is 3.80. The molecule has 0 radical (unpaired) electrons. The van der Waals surface area contributed by atoms with Crippen LogP contribution >= 0.6 is 0 Å². The number of carbonyl (C=O) groups is 1. The van der Waals surface area contributed by atoms with Crippen molar-refractivity contribution in [3.05, 3.63) is 29.3 Å². The van der Waals surface area contributed by atoms with Crippen molar-refractivity contribution in [3.8, 4) is 5.75 Å². The van der Waals surface area contributed by atoms with Crippen molar-refractivity contribution in [1.82, 2.24) is 10.6 Å². The first kappa shape index (κ1) is 15.3. The number of aryl methyl sites for hydroxylation is 2. The topological polar surface area (TPSA) is 50.4 Å². The fraction of sp³-hybridized carbons (Fsp3) is 0.611. The smallest absolute Gasteiger partial charge is 0.223 e. The van der Waals surface area contributed by atoms with Crippen LogP contribution in [-0.2, 0) is 4.79 Å². The van der Waals surface area contributed by atoms with Crippen LogP contribution < -0.4 is 15.4 Å². The number of ether oxygens (including phenoxy) is 1. The molecule has 2 aliphatic heterocycles. The van der Waals surface area contributed by atoms with Crippen molar-refractivity contribution in [1.29, 1.82) is 0 Å². The lowest BCUT2D eigenvalue weighted by Crippen LogP contribution is -2.48. The van der Waals surface area contributed by atoms with Gasteiger partial charge in [-0.1, -0.05) is 6.07 Å². The Balaban J connectivity index is 1.40. The van der Waals surface area contributed by atoms with Crippen LogP contribution in [0.3, 0.4) is 0 Å². The van der Waals surface area contributed by atoms with Gasteiger partial charge in [-0.2, -0.15) is 0 Å². The Kier molecular flexibility index (Phi) is 4.67. The highest BCUT2D eigenvalue weighted by molar-refractivity contribution is 5.76. The standard InChI is InChI=1S/C18H26N2O2/c1-12-3-6-17(9-13(12)2)22-8-7-18(21)20-16-10-14-4-5-15(11-16)19-14/h3,6,9,14-16,19H,4-5,7-8,10-11H2,1-2H3,(H,20,21). The van der Waals surface area contributed by atoms with E-state index in [1.807, 2.05) is 12.1 Å². The Labute approximate surface area is 132 Å². The average Bonchev–Trinajstić information content (AvgIpc) is 2.82. The Morgan fingerprint density at radius 1 is 1.23 bits per heavy atom. The van der Waals surface area contributed by atoms with Crippen LogP contribution in [0.1, 0.15) is 43.2 Å². The van der Waals surface area contributed by atoms with E-state index in [-0.39, 0.29) is 5.91 Å². The van der Waals surface area contributed by atoms with Crippen molar-refractivity contribution >= 4 is 5.91 Å². The summed E-state index contributed by atoms with van der Waals surface area (Å²) >= 11 is 0. The largest absolute Gasteiger partial charge is 0.493 e. The van der Waals surface area contributed by atoms with Gasteiger partial charge in [-0.25, -0.2) is 0 Å². The lowest BCUT2D eigenvalue weighted by molar-refractivity contribution is -0.122. The summed E-state index contributed by atoms with van der Waals surface area (Å²) in [5, 5.41) is 6.76. The highest BCUT2D eigenvalue weighted by Crippen LogP contribution is 2.26. The molecule has 2 aliphatic rings. The van der Waals surface area contributed by atoms with Gasteiger partial charge in [0.1, 0.15) is 5.75 Å². The number of benzene rings is 1. The number of amides is 1. The van der Waals surface area contributed by atoms with Crippen LogP contribution in [0.2, 0.25) is 0 Å². The third-order valence-electron chi connectivity index (χ3n) is 4.91. The zero-order valence-corrected chi connectivity index (χ0v) is 13.5. The molecule has 2 heterocycles. The van der Waals surface area contributed by atoms with Crippen molar-refractivity contribution in [3.63, 3.8) is 0 Å². The van der Waals surface area contributed by atoms with Crippen LogP contribution in [0.5, 0.6) is 5.75 Å². The number of piperidine rings is 1. The van der Waals surface area contributed by atoms with Gasteiger partial charge in [0.15, 0.2) is 0 Å². The molecule has 2 fully saturated rings. The molecule has 4 heteroatoms. The minimum atomic E-state index is 0.107. The molecule has 0 saturated carbocycles. The molecule has 4 nitrogen and oxygen atoms in total. The summed E-state index contributed by atoms with van der Waals surface area (Å²) in [5.74, 6) is 0.950. The molecule has 2 unspecified atom stereocenters. The predicted molar refractivity (Wildman–Crippen MR) is 87.1 cm³/mol. The molecule has 2 saturated heterocycles. The second-order valence-corrected chi connectivity index (χ2v) is 6.72. The van der Waals surface area contributed by atoms with Crippen LogP contribution in [-0.4, -0.2) is 30.6 Å². The first-order chi connectivity index (χ1) is 10.6. The normalized spacial score (nSPS) is 26.7. The summed E-state index contributed by atoms with van der Waals surface area (Å²) in [6, 6.07) is 7.59. The fourth-order valence-electron chi connectivity index (χ4n) is 3.54. The highest BCUT2D eigenvalue weighted by Gasteiger charge is 2.33. The van der Waals surface area contributed by atoms with E-state index < -0.39 is 0 Å². The molecule has 2 bridgehead atoms.